The van der Waals surface area contributed by atoms with Gasteiger partial charge in [-0.2, -0.15) is 13.2 Å². The number of nitrogens with two attached hydrogens (primary N) is 2. The van der Waals surface area contributed by atoms with Gasteiger partial charge < -0.3 is 11.5 Å². The van der Waals surface area contributed by atoms with Crippen LogP contribution < -0.4 is 11.5 Å². The Morgan fingerprint density at radius 1 is 1.27 bits per heavy atom. The Hall–Kier alpha value is -0.590. The van der Waals surface area contributed by atoms with Crippen LogP contribution in [-0.4, -0.2) is 6.54 Å². The molecule has 4 N–H and O–H groups in total. The van der Waals surface area contributed by atoms with Crippen LogP contribution in [0.2, 0.25) is 0 Å². The normalized spacial score (nSPS) is 14.0. The van der Waals surface area contributed by atoms with E-state index >= 15 is 0 Å². The molecule has 0 saturated carbocycles. The smallest absolute Gasteiger partial charge is 0.329 e. The third-order valence-corrected chi connectivity index (χ3v) is 2.39. The van der Waals surface area contributed by atoms with E-state index in [1.54, 1.807) is 0 Å². The van der Waals surface area contributed by atoms with Crippen molar-refractivity contribution < 1.29 is 13.2 Å². The fourth-order valence-corrected chi connectivity index (χ4v) is 1.64. The first-order chi connectivity index (χ1) is 6.84. The zero-order valence-electron chi connectivity index (χ0n) is 7.68. The van der Waals surface area contributed by atoms with Crippen LogP contribution in [0.1, 0.15) is 17.2 Å². The molecule has 0 radical (unpaired) electrons. The van der Waals surface area contributed by atoms with Crippen molar-refractivity contribution in [3.05, 3.63) is 33.8 Å². The summed E-state index contributed by atoms with van der Waals surface area (Å²) in [5.41, 5.74) is 10.5. The average Bonchev–Trinajstić information content (AvgIpc) is 2.14. The van der Waals surface area contributed by atoms with E-state index in [0.29, 0.717) is 10.0 Å². The van der Waals surface area contributed by atoms with Gasteiger partial charge in [0.25, 0.3) is 0 Å². The van der Waals surface area contributed by atoms with Crippen LogP contribution >= 0.6 is 15.9 Å². The van der Waals surface area contributed by atoms with Gasteiger partial charge in [0.15, 0.2) is 0 Å². The maximum atomic E-state index is 12.4. The lowest BCUT2D eigenvalue weighted by atomic mass is 10.0. The van der Waals surface area contributed by atoms with E-state index < -0.39 is 17.8 Å². The van der Waals surface area contributed by atoms with E-state index in [1.165, 1.54) is 6.07 Å². The van der Waals surface area contributed by atoms with Crippen molar-refractivity contribution in [3.8, 4) is 0 Å². The Balaban J connectivity index is 3.17. The summed E-state index contributed by atoms with van der Waals surface area (Å²) in [6.45, 7) is 0.105. The maximum absolute atomic E-state index is 12.4. The van der Waals surface area contributed by atoms with Gasteiger partial charge in [0.1, 0.15) is 0 Å². The number of benzene rings is 1. The molecule has 0 fully saturated rings. The van der Waals surface area contributed by atoms with Crippen LogP contribution in [0.4, 0.5) is 13.2 Å². The Morgan fingerprint density at radius 3 is 2.33 bits per heavy atom. The van der Waals surface area contributed by atoms with Gasteiger partial charge in [0, 0.05) is 17.1 Å². The number of halogens is 4. The van der Waals surface area contributed by atoms with E-state index in [2.05, 4.69) is 15.9 Å². The molecule has 0 amide bonds. The zero-order valence-corrected chi connectivity index (χ0v) is 9.27. The standard InChI is InChI=1S/C9H10BrF3N2/c10-7-2-5(8(15)4-14)1-6(3-7)9(11,12)13/h1-3,8H,4,14-15H2/t8-/m0/s1. The summed E-state index contributed by atoms with van der Waals surface area (Å²) in [5, 5.41) is 0. The molecule has 0 spiro atoms. The van der Waals surface area contributed by atoms with Crippen LogP contribution in [-0.2, 0) is 6.18 Å². The summed E-state index contributed by atoms with van der Waals surface area (Å²) in [6, 6.07) is 2.98. The number of hydrogen-bond acceptors (Lipinski definition) is 2. The lowest BCUT2D eigenvalue weighted by Gasteiger charge is -2.13. The van der Waals surface area contributed by atoms with E-state index in [9.17, 15) is 13.2 Å². The van der Waals surface area contributed by atoms with Gasteiger partial charge in [-0.15, -0.1) is 0 Å². The van der Waals surface area contributed by atoms with E-state index in [1.807, 2.05) is 0 Å². The molecular formula is C9H10BrF3N2. The lowest BCUT2D eigenvalue weighted by Crippen LogP contribution is -2.21. The highest BCUT2D eigenvalue weighted by molar-refractivity contribution is 9.10. The predicted molar refractivity (Wildman–Crippen MR) is 55.1 cm³/mol. The van der Waals surface area contributed by atoms with Gasteiger partial charge in [-0.1, -0.05) is 15.9 Å². The second kappa shape index (κ2) is 4.51. The Labute approximate surface area is 93.6 Å². The number of hydrogen-bond donors (Lipinski definition) is 2. The van der Waals surface area contributed by atoms with Gasteiger partial charge >= 0.3 is 6.18 Å². The van der Waals surface area contributed by atoms with Gasteiger partial charge in [0.05, 0.1) is 5.56 Å². The highest BCUT2D eigenvalue weighted by Crippen LogP contribution is 2.32. The minimum Gasteiger partial charge on any atom is -0.329 e. The van der Waals surface area contributed by atoms with Crippen molar-refractivity contribution in [2.24, 2.45) is 11.5 Å². The van der Waals surface area contributed by atoms with Gasteiger partial charge in [-0.05, 0) is 23.8 Å². The Kier molecular flexibility index (Phi) is 3.75. The third-order valence-electron chi connectivity index (χ3n) is 1.93. The molecule has 0 heterocycles. The SMILES string of the molecule is NC[C@H](N)c1cc(Br)cc(C(F)(F)F)c1. The van der Waals surface area contributed by atoms with E-state index in [0.717, 1.165) is 12.1 Å². The molecule has 0 bridgehead atoms. The Morgan fingerprint density at radius 2 is 1.87 bits per heavy atom. The molecule has 0 saturated heterocycles. The number of rotatable bonds is 2. The molecule has 1 aromatic rings. The van der Waals surface area contributed by atoms with E-state index in [4.69, 9.17) is 11.5 Å². The van der Waals surface area contributed by atoms with Crippen molar-refractivity contribution >= 4 is 15.9 Å². The highest BCUT2D eigenvalue weighted by Gasteiger charge is 2.31. The molecule has 84 valence electrons. The molecule has 6 heteroatoms. The first-order valence-corrected chi connectivity index (χ1v) is 4.97. The maximum Gasteiger partial charge on any atom is 0.416 e. The largest absolute Gasteiger partial charge is 0.416 e. The van der Waals surface area contributed by atoms with Crippen molar-refractivity contribution in [1.82, 2.24) is 0 Å². The number of alkyl halides is 3. The Bertz CT molecular complexity index is 352. The second-order valence-electron chi connectivity index (χ2n) is 3.11. The summed E-state index contributed by atoms with van der Waals surface area (Å²) in [7, 11) is 0. The summed E-state index contributed by atoms with van der Waals surface area (Å²) in [4.78, 5) is 0. The first-order valence-electron chi connectivity index (χ1n) is 4.18. The summed E-state index contributed by atoms with van der Waals surface area (Å²) >= 11 is 3.01. The quantitative estimate of drug-likeness (QED) is 0.875. The molecule has 0 aliphatic carbocycles. The van der Waals surface area contributed by atoms with Crippen LogP contribution in [0.5, 0.6) is 0 Å². The van der Waals surface area contributed by atoms with Crippen molar-refractivity contribution in [2.75, 3.05) is 6.54 Å². The molecular weight excluding hydrogens is 273 g/mol. The molecule has 1 rings (SSSR count). The molecule has 1 aromatic carbocycles. The van der Waals surface area contributed by atoms with E-state index in [-0.39, 0.29) is 6.54 Å². The fourth-order valence-electron chi connectivity index (χ4n) is 1.13. The molecule has 0 unspecified atom stereocenters. The zero-order chi connectivity index (χ0) is 11.6. The average molecular weight is 283 g/mol. The van der Waals surface area contributed by atoms with Crippen LogP contribution in [0.15, 0.2) is 22.7 Å². The van der Waals surface area contributed by atoms with Gasteiger partial charge in [0.2, 0.25) is 0 Å². The van der Waals surface area contributed by atoms with Crippen molar-refractivity contribution in [2.45, 2.75) is 12.2 Å². The third kappa shape index (κ3) is 3.19. The fraction of sp³-hybridized carbons (Fsp3) is 0.333. The first kappa shape index (κ1) is 12.5. The van der Waals surface area contributed by atoms with Crippen LogP contribution in [0.25, 0.3) is 0 Å². The van der Waals surface area contributed by atoms with Crippen molar-refractivity contribution in [3.63, 3.8) is 0 Å². The molecule has 0 aliphatic rings. The molecule has 0 aliphatic heterocycles. The molecule has 1 atom stereocenters. The van der Waals surface area contributed by atoms with Gasteiger partial charge in [-0.3, -0.25) is 0 Å². The molecule has 2 nitrogen and oxygen atoms in total. The monoisotopic (exact) mass is 282 g/mol. The highest BCUT2D eigenvalue weighted by atomic mass is 79.9. The summed E-state index contributed by atoms with van der Waals surface area (Å²) < 4.78 is 37.6. The van der Waals surface area contributed by atoms with Crippen molar-refractivity contribution in [1.29, 1.82) is 0 Å². The molecule has 0 aromatic heterocycles. The minimum absolute atomic E-state index is 0.105. The van der Waals surface area contributed by atoms with Crippen LogP contribution in [0, 0.1) is 0 Å². The topological polar surface area (TPSA) is 52.0 Å². The van der Waals surface area contributed by atoms with Gasteiger partial charge in [-0.25, -0.2) is 0 Å². The summed E-state index contributed by atoms with van der Waals surface area (Å²) in [5.74, 6) is 0. The predicted octanol–water partition coefficient (Wildman–Crippen LogP) is 2.43. The minimum atomic E-state index is -4.37. The van der Waals surface area contributed by atoms with Crippen LogP contribution in [0.3, 0.4) is 0 Å². The lowest BCUT2D eigenvalue weighted by molar-refractivity contribution is -0.137. The summed E-state index contributed by atoms with van der Waals surface area (Å²) in [6.07, 6.45) is -4.37. The second-order valence-corrected chi connectivity index (χ2v) is 4.03. The molecule has 15 heavy (non-hydrogen) atoms.